The smallest absolute Gasteiger partial charge is 0.179 e. The molecular formula is C18H32ClN. The van der Waals surface area contributed by atoms with Gasteiger partial charge in [0.15, 0.2) is 11.9 Å². The van der Waals surface area contributed by atoms with Gasteiger partial charge in [-0.1, -0.05) is 77.2 Å². The summed E-state index contributed by atoms with van der Waals surface area (Å²) in [4.78, 5) is 3.30. The van der Waals surface area contributed by atoms with Gasteiger partial charge in [0.2, 0.25) is 0 Å². The number of hydrogen-bond acceptors (Lipinski definition) is 0. The second-order valence-electron chi connectivity index (χ2n) is 5.67. The van der Waals surface area contributed by atoms with E-state index < -0.39 is 0 Å². The Hall–Kier alpha value is -0.560. The third-order valence-electron chi connectivity index (χ3n) is 3.82. The summed E-state index contributed by atoms with van der Waals surface area (Å²) in [6.07, 6.45) is 18.9. The van der Waals surface area contributed by atoms with Crippen molar-refractivity contribution >= 4 is 0 Å². The molecule has 0 fully saturated rings. The van der Waals surface area contributed by atoms with E-state index in [2.05, 4.69) is 24.0 Å². The second-order valence-corrected chi connectivity index (χ2v) is 5.67. The third kappa shape index (κ3) is 11.3. The average molecular weight is 298 g/mol. The van der Waals surface area contributed by atoms with Gasteiger partial charge in [0.05, 0.1) is 0 Å². The average Bonchev–Trinajstić information content (AvgIpc) is 2.46. The van der Waals surface area contributed by atoms with E-state index in [4.69, 9.17) is 0 Å². The first-order valence-corrected chi connectivity index (χ1v) is 8.39. The van der Waals surface area contributed by atoms with Crippen LogP contribution in [0.2, 0.25) is 0 Å². The Bertz CT molecular complexity index is 287. The maximum atomic E-state index is 3.30. The molecule has 20 heavy (non-hydrogen) atoms. The molecule has 1 N–H and O–H groups in total. The lowest BCUT2D eigenvalue weighted by Gasteiger charge is -2.01. The van der Waals surface area contributed by atoms with Crippen molar-refractivity contribution in [2.45, 2.75) is 84.0 Å². The summed E-state index contributed by atoms with van der Waals surface area (Å²) in [6.45, 7) is 2.28. The molecule has 0 aliphatic rings. The van der Waals surface area contributed by atoms with Gasteiger partial charge in [-0.2, -0.15) is 0 Å². The molecule has 0 aliphatic carbocycles. The van der Waals surface area contributed by atoms with Gasteiger partial charge in [0.1, 0.15) is 0 Å². The molecule has 0 spiro atoms. The molecule has 1 aromatic rings. The minimum atomic E-state index is 0. The number of rotatable bonds is 12. The molecule has 0 amide bonds. The Morgan fingerprint density at radius 1 is 0.750 bits per heavy atom. The highest BCUT2D eigenvalue weighted by Gasteiger charge is 1.98. The molecule has 0 unspecified atom stereocenters. The van der Waals surface area contributed by atoms with Gasteiger partial charge in [-0.05, 0) is 6.42 Å². The zero-order chi connectivity index (χ0) is 13.6. The van der Waals surface area contributed by atoms with Crippen LogP contribution in [0, 0.1) is 0 Å². The van der Waals surface area contributed by atoms with Crippen molar-refractivity contribution in [3.63, 3.8) is 0 Å². The van der Waals surface area contributed by atoms with Gasteiger partial charge in [-0.3, -0.25) is 0 Å². The molecule has 0 atom stereocenters. The Balaban J connectivity index is 0.00000361. The van der Waals surface area contributed by atoms with Crippen molar-refractivity contribution < 1.29 is 17.4 Å². The lowest BCUT2D eigenvalue weighted by Crippen LogP contribution is -3.00. The molecule has 116 valence electrons. The van der Waals surface area contributed by atoms with E-state index in [1.165, 1.54) is 82.7 Å². The van der Waals surface area contributed by atoms with Crippen molar-refractivity contribution in [2.75, 3.05) is 0 Å². The summed E-state index contributed by atoms with van der Waals surface area (Å²) in [7, 11) is 0. The summed E-state index contributed by atoms with van der Waals surface area (Å²) < 4.78 is 0. The van der Waals surface area contributed by atoms with Gasteiger partial charge >= 0.3 is 0 Å². The van der Waals surface area contributed by atoms with E-state index in [0.717, 1.165) is 0 Å². The van der Waals surface area contributed by atoms with Gasteiger partial charge in [0.25, 0.3) is 0 Å². The van der Waals surface area contributed by atoms with Crippen LogP contribution in [0.1, 0.15) is 83.2 Å². The topological polar surface area (TPSA) is 14.1 Å². The molecule has 0 saturated heterocycles. The molecular weight excluding hydrogens is 266 g/mol. The minimum Gasteiger partial charge on any atom is -1.00 e. The largest absolute Gasteiger partial charge is 1.00 e. The van der Waals surface area contributed by atoms with Crippen LogP contribution in [-0.2, 0) is 6.42 Å². The molecule has 1 aromatic heterocycles. The molecule has 1 rings (SSSR count). The van der Waals surface area contributed by atoms with Crippen molar-refractivity contribution in [1.29, 1.82) is 0 Å². The highest BCUT2D eigenvalue weighted by atomic mass is 35.5. The molecule has 2 heteroatoms. The Labute approximate surface area is 132 Å². The summed E-state index contributed by atoms with van der Waals surface area (Å²) in [5.74, 6) is 0. The van der Waals surface area contributed by atoms with Crippen LogP contribution in [0.15, 0.2) is 24.4 Å². The van der Waals surface area contributed by atoms with Crippen LogP contribution in [0.4, 0.5) is 0 Å². The normalized spacial score (nSPS) is 10.2. The number of pyridine rings is 1. The molecule has 1 heterocycles. The predicted octanol–water partition coefficient (Wildman–Crippen LogP) is 2.36. The second kappa shape index (κ2) is 14.8. The van der Waals surface area contributed by atoms with Crippen LogP contribution in [0.3, 0.4) is 0 Å². The van der Waals surface area contributed by atoms with Gasteiger partial charge < -0.3 is 12.4 Å². The zero-order valence-electron chi connectivity index (χ0n) is 13.2. The van der Waals surface area contributed by atoms with Gasteiger partial charge in [0, 0.05) is 18.6 Å². The molecule has 0 aromatic carbocycles. The van der Waals surface area contributed by atoms with Crippen molar-refractivity contribution in [3.8, 4) is 0 Å². The highest BCUT2D eigenvalue weighted by molar-refractivity contribution is 4.96. The third-order valence-corrected chi connectivity index (χ3v) is 3.82. The van der Waals surface area contributed by atoms with Crippen LogP contribution in [0.25, 0.3) is 0 Å². The van der Waals surface area contributed by atoms with E-state index in [1.54, 1.807) is 0 Å². The number of aryl methyl sites for hydroxylation is 1. The number of H-pyrrole nitrogens is 1. The van der Waals surface area contributed by atoms with E-state index >= 15 is 0 Å². The Kier molecular flexibility index (Phi) is 14.4. The number of hydrogen-bond donors (Lipinski definition) is 0. The van der Waals surface area contributed by atoms with E-state index in [0.29, 0.717) is 0 Å². The van der Waals surface area contributed by atoms with Crippen LogP contribution in [0.5, 0.6) is 0 Å². The zero-order valence-corrected chi connectivity index (χ0v) is 13.9. The Morgan fingerprint density at radius 3 is 1.80 bits per heavy atom. The van der Waals surface area contributed by atoms with Crippen molar-refractivity contribution in [3.05, 3.63) is 30.1 Å². The first-order chi connectivity index (χ1) is 9.43. The van der Waals surface area contributed by atoms with Crippen molar-refractivity contribution in [2.24, 2.45) is 0 Å². The number of nitrogens with one attached hydrogen (secondary N) is 1. The number of halogens is 1. The van der Waals surface area contributed by atoms with Gasteiger partial charge in [-0.25, -0.2) is 4.98 Å². The predicted molar refractivity (Wildman–Crippen MR) is 83.2 cm³/mol. The van der Waals surface area contributed by atoms with Crippen molar-refractivity contribution in [1.82, 2.24) is 0 Å². The first kappa shape index (κ1) is 19.4. The summed E-state index contributed by atoms with van der Waals surface area (Å²) >= 11 is 0. The fourth-order valence-corrected chi connectivity index (χ4v) is 2.57. The molecule has 0 aliphatic heterocycles. The SMILES string of the molecule is CCCCCCCCCCCCCc1cccc[nH+]1.[Cl-]. The standard InChI is InChI=1S/C18H31N.ClH/c1-2-3-4-5-6-7-8-9-10-11-12-15-18-16-13-14-17-19-18;/h13-14,16-17H,2-12,15H2,1H3;1H. The summed E-state index contributed by atoms with van der Waals surface area (Å²) in [5, 5.41) is 0. The molecule has 1 nitrogen and oxygen atoms in total. The maximum Gasteiger partial charge on any atom is 0.179 e. The number of aromatic nitrogens is 1. The number of unbranched alkanes of at least 4 members (excludes halogenated alkanes) is 10. The van der Waals surface area contributed by atoms with E-state index in [9.17, 15) is 0 Å². The van der Waals surface area contributed by atoms with E-state index in [-0.39, 0.29) is 12.4 Å². The van der Waals surface area contributed by atoms with Crippen LogP contribution in [-0.4, -0.2) is 0 Å². The molecule has 0 bridgehead atoms. The van der Waals surface area contributed by atoms with E-state index in [1.807, 2.05) is 12.3 Å². The van der Waals surface area contributed by atoms with Crippen LogP contribution < -0.4 is 17.4 Å². The quantitative estimate of drug-likeness (QED) is 0.526. The number of aromatic amines is 1. The molecule has 0 saturated carbocycles. The highest BCUT2D eigenvalue weighted by Crippen LogP contribution is 2.11. The fraction of sp³-hybridized carbons (Fsp3) is 0.722. The first-order valence-electron chi connectivity index (χ1n) is 8.39. The maximum absolute atomic E-state index is 3.30. The summed E-state index contributed by atoms with van der Waals surface area (Å²) in [6, 6.07) is 6.35. The molecule has 0 radical (unpaired) electrons. The van der Waals surface area contributed by atoms with Gasteiger partial charge in [-0.15, -0.1) is 0 Å². The lowest BCUT2D eigenvalue weighted by atomic mass is 10.0. The minimum absolute atomic E-state index is 0. The monoisotopic (exact) mass is 297 g/mol. The lowest BCUT2D eigenvalue weighted by molar-refractivity contribution is -0.390. The summed E-state index contributed by atoms with van der Waals surface area (Å²) in [5.41, 5.74) is 1.37. The fourth-order valence-electron chi connectivity index (χ4n) is 2.57. The Morgan fingerprint density at radius 2 is 1.30 bits per heavy atom. The van der Waals surface area contributed by atoms with Crippen LogP contribution >= 0.6 is 0 Å².